The maximum Gasteiger partial charge on any atom is 0.120 e. The highest BCUT2D eigenvalue weighted by molar-refractivity contribution is 5.70. The van der Waals surface area contributed by atoms with Crippen LogP contribution in [0.15, 0.2) is 54.6 Å². The largest absolute Gasteiger partial charge is 0.489 e. The van der Waals surface area contributed by atoms with Crippen molar-refractivity contribution in [1.29, 1.82) is 0 Å². The number of hydrogen-bond acceptors (Lipinski definition) is 3. The molecule has 0 amide bonds. The van der Waals surface area contributed by atoms with Crippen LogP contribution < -0.4 is 4.74 Å². The van der Waals surface area contributed by atoms with Crippen LogP contribution in [0.3, 0.4) is 0 Å². The molecule has 2 aromatic rings. The summed E-state index contributed by atoms with van der Waals surface area (Å²) in [6.07, 6.45) is 4.68. The average molecular weight is 334 g/mol. The number of rotatable bonds is 4. The van der Waals surface area contributed by atoms with E-state index in [0.29, 0.717) is 6.61 Å². The smallest absolute Gasteiger partial charge is 0.120 e. The Bertz CT molecular complexity index is 746. The molecule has 0 radical (unpaired) electrons. The Morgan fingerprint density at radius 2 is 1.76 bits per heavy atom. The van der Waals surface area contributed by atoms with Gasteiger partial charge in [-0.25, -0.2) is 0 Å². The Morgan fingerprint density at radius 1 is 0.960 bits per heavy atom. The molecule has 0 saturated carbocycles. The number of hydrogen-bond donors (Lipinski definition) is 0. The number of allylic oxidation sites excluding steroid dienone is 1. The van der Waals surface area contributed by atoms with Crippen molar-refractivity contribution in [2.75, 3.05) is 33.2 Å². The summed E-state index contributed by atoms with van der Waals surface area (Å²) in [5.41, 5.74) is 5.42. The molecule has 1 aliphatic carbocycles. The molecule has 130 valence electrons. The summed E-state index contributed by atoms with van der Waals surface area (Å²) in [6, 6.07) is 17.0. The van der Waals surface area contributed by atoms with Gasteiger partial charge in [0, 0.05) is 37.4 Å². The Balaban J connectivity index is 1.52. The van der Waals surface area contributed by atoms with Crippen LogP contribution in [-0.2, 0) is 13.0 Å². The summed E-state index contributed by atoms with van der Waals surface area (Å²) in [6.45, 7) is 5.11. The van der Waals surface area contributed by atoms with Gasteiger partial charge in [-0.1, -0.05) is 42.5 Å². The van der Waals surface area contributed by atoms with E-state index in [0.717, 1.165) is 44.8 Å². The van der Waals surface area contributed by atoms with E-state index < -0.39 is 0 Å². The Labute approximate surface area is 150 Å². The van der Waals surface area contributed by atoms with Gasteiger partial charge in [0.25, 0.3) is 0 Å². The molecule has 2 aromatic carbocycles. The Kier molecular flexibility index (Phi) is 4.75. The fourth-order valence-electron chi connectivity index (χ4n) is 3.66. The second kappa shape index (κ2) is 7.32. The van der Waals surface area contributed by atoms with Crippen LogP contribution >= 0.6 is 0 Å². The number of aryl methyl sites for hydroxylation is 1. The van der Waals surface area contributed by atoms with Crippen molar-refractivity contribution < 1.29 is 4.74 Å². The van der Waals surface area contributed by atoms with Crippen molar-refractivity contribution in [2.45, 2.75) is 19.4 Å². The van der Waals surface area contributed by atoms with Gasteiger partial charge in [-0.15, -0.1) is 0 Å². The molecule has 0 bridgehead atoms. The minimum Gasteiger partial charge on any atom is -0.489 e. The minimum atomic E-state index is 0.618. The topological polar surface area (TPSA) is 15.7 Å². The highest BCUT2D eigenvalue weighted by Crippen LogP contribution is 2.32. The lowest BCUT2D eigenvalue weighted by molar-refractivity contribution is 0.206. The summed E-state index contributed by atoms with van der Waals surface area (Å²) in [5, 5.41) is 0. The second-order valence-corrected chi connectivity index (χ2v) is 7.01. The lowest BCUT2D eigenvalue weighted by atomic mass is 9.93. The standard InChI is InChI=1S/C22H26N2O/c1-23-12-14-24(15-13-23)22-9-5-8-19-10-11-20(16-21(19)22)25-17-18-6-3-2-4-7-18/h2-4,6-7,9-11,16H,5,8,12-15,17H2,1H3. The molecular weight excluding hydrogens is 308 g/mol. The fraction of sp³-hybridized carbons (Fsp3) is 0.364. The predicted octanol–water partition coefficient (Wildman–Crippen LogP) is 3.80. The summed E-state index contributed by atoms with van der Waals surface area (Å²) in [4.78, 5) is 4.94. The van der Waals surface area contributed by atoms with E-state index in [4.69, 9.17) is 4.74 Å². The first-order valence-electron chi connectivity index (χ1n) is 9.23. The zero-order valence-corrected chi connectivity index (χ0v) is 14.9. The monoisotopic (exact) mass is 334 g/mol. The van der Waals surface area contributed by atoms with Gasteiger partial charge in [-0.3, -0.25) is 0 Å². The van der Waals surface area contributed by atoms with Gasteiger partial charge < -0.3 is 14.5 Å². The quantitative estimate of drug-likeness (QED) is 0.846. The average Bonchev–Trinajstić information content (AvgIpc) is 2.67. The van der Waals surface area contributed by atoms with Crippen LogP contribution in [0.2, 0.25) is 0 Å². The zero-order chi connectivity index (χ0) is 17.1. The van der Waals surface area contributed by atoms with Gasteiger partial charge >= 0.3 is 0 Å². The maximum absolute atomic E-state index is 6.06. The molecule has 1 saturated heterocycles. The summed E-state index contributed by atoms with van der Waals surface area (Å²) >= 11 is 0. The van der Waals surface area contributed by atoms with E-state index in [1.54, 1.807) is 0 Å². The van der Waals surface area contributed by atoms with Gasteiger partial charge in [0.15, 0.2) is 0 Å². The SMILES string of the molecule is CN1CCN(C2=CCCc3ccc(OCc4ccccc4)cc32)CC1. The molecule has 2 aliphatic rings. The number of ether oxygens (including phenoxy) is 1. The molecule has 1 aliphatic heterocycles. The third kappa shape index (κ3) is 3.72. The third-order valence-corrected chi connectivity index (χ3v) is 5.20. The van der Waals surface area contributed by atoms with Crippen LogP contribution in [0, 0.1) is 0 Å². The normalized spacial score (nSPS) is 17.8. The maximum atomic E-state index is 6.06. The highest BCUT2D eigenvalue weighted by Gasteiger charge is 2.21. The molecule has 0 aromatic heterocycles. The molecule has 25 heavy (non-hydrogen) atoms. The molecule has 1 fully saturated rings. The Morgan fingerprint density at radius 3 is 2.56 bits per heavy atom. The molecule has 3 nitrogen and oxygen atoms in total. The van der Waals surface area contributed by atoms with Crippen molar-refractivity contribution >= 4 is 5.70 Å². The molecule has 4 rings (SSSR count). The van der Waals surface area contributed by atoms with Crippen LogP contribution in [0.1, 0.15) is 23.1 Å². The van der Waals surface area contributed by atoms with Gasteiger partial charge in [0.05, 0.1) is 0 Å². The van der Waals surface area contributed by atoms with Crippen molar-refractivity contribution in [1.82, 2.24) is 9.80 Å². The minimum absolute atomic E-state index is 0.618. The zero-order valence-electron chi connectivity index (χ0n) is 14.9. The molecular formula is C22H26N2O. The first-order chi connectivity index (χ1) is 12.3. The van der Waals surface area contributed by atoms with Gasteiger partial charge in [0.2, 0.25) is 0 Å². The summed E-state index contributed by atoms with van der Waals surface area (Å²) in [5.74, 6) is 0.963. The molecule has 0 atom stereocenters. The molecule has 0 N–H and O–H groups in total. The lowest BCUT2D eigenvalue weighted by Gasteiger charge is -2.37. The van der Waals surface area contributed by atoms with E-state index >= 15 is 0 Å². The first kappa shape index (κ1) is 16.2. The highest BCUT2D eigenvalue weighted by atomic mass is 16.5. The van der Waals surface area contributed by atoms with Crippen molar-refractivity contribution in [2.24, 2.45) is 0 Å². The number of benzene rings is 2. The van der Waals surface area contributed by atoms with Crippen LogP contribution in [-0.4, -0.2) is 43.0 Å². The van der Waals surface area contributed by atoms with E-state index in [2.05, 4.69) is 65.4 Å². The van der Waals surface area contributed by atoms with E-state index in [1.165, 1.54) is 22.4 Å². The summed E-state index contributed by atoms with van der Waals surface area (Å²) < 4.78 is 6.06. The molecule has 0 spiro atoms. The van der Waals surface area contributed by atoms with Crippen molar-refractivity contribution in [3.63, 3.8) is 0 Å². The van der Waals surface area contributed by atoms with Gasteiger partial charge in [-0.2, -0.15) is 0 Å². The lowest BCUT2D eigenvalue weighted by Crippen LogP contribution is -2.43. The first-order valence-corrected chi connectivity index (χ1v) is 9.23. The number of piperazine rings is 1. The number of fused-ring (bicyclic) bond motifs is 1. The van der Waals surface area contributed by atoms with E-state index in [-0.39, 0.29) is 0 Å². The molecule has 1 heterocycles. The Hall–Kier alpha value is -2.26. The van der Waals surface area contributed by atoms with Crippen LogP contribution in [0.5, 0.6) is 5.75 Å². The van der Waals surface area contributed by atoms with Crippen molar-refractivity contribution in [3.8, 4) is 5.75 Å². The number of likely N-dealkylation sites (N-methyl/N-ethyl adjacent to an activating group) is 1. The van der Waals surface area contributed by atoms with Gasteiger partial charge in [0.1, 0.15) is 12.4 Å². The third-order valence-electron chi connectivity index (χ3n) is 5.20. The van der Waals surface area contributed by atoms with E-state index in [1.807, 2.05) is 6.07 Å². The van der Waals surface area contributed by atoms with Crippen LogP contribution in [0.25, 0.3) is 5.70 Å². The molecule has 0 unspecified atom stereocenters. The second-order valence-electron chi connectivity index (χ2n) is 7.01. The van der Waals surface area contributed by atoms with Crippen molar-refractivity contribution in [3.05, 3.63) is 71.3 Å². The molecule has 3 heteroatoms. The van der Waals surface area contributed by atoms with Gasteiger partial charge in [-0.05, 0) is 43.1 Å². The van der Waals surface area contributed by atoms with E-state index in [9.17, 15) is 0 Å². The summed E-state index contributed by atoms with van der Waals surface area (Å²) in [7, 11) is 2.20. The fourth-order valence-corrected chi connectivity index (χ4v) is 3.66. The number of nitrogens with zero attached hydrogens (tertiary/aromatic N) is 2. The van der Waals surface area contributed by atoms with Crippen LogP contribution in [0.4, 0.5) is 0 Å². The predicted molar refractivity (Wildman–Crippen MR) is 103 cm³/mol.